The van der Waals surface area contributed by atoms with Gasteiger partial charge in [-0.15, -0.1) is 0 Å². The van der Waals surface area contributed by atoms with Gasteiger partial charge in [-0.1, -0.05) is 35.5 Å². The molecule has 5 rings (SSSR count). The Hall–Kier alpha value is -3.02. The Bertz CT molecular complexity index is 1020. The lowest BCUT2D eigenvalue weighted by Crippen LogP contribution is -2.43. The summed E-state index contributed by atoms with van der Waals surface area (Å²) in [4.78, 5) is 24.7. The van der Waals surface area contributed by atoms with E-state index in [9.17, 15) is 4.79 Å². The third-order valence-corrected chi connectivity index (χ3v) is 6.02. The van der Waals surface area contributed by atoms with E-state index in [0.717, 1.165) is 58.9 Å². The number of fused-ring (bicyclic) bond motifs is 4. The van der Waals surface area contributed by atoms with Gasteiger partial charge in [0, 0.05) is 35.3 Å². The maximum atomic E-state index is 13.1. The van der Waals surface area contributed by atoms with Crippen LogP contribution in [0.3, 0.4) is 0 Å². The van der Waals surface area contributed by atoms with Crippen molar-refractivity contribution < 1.29 is 9.32 Å². The highest BCUT2D eigenvalue weighted by atomic mass is 16.5. The van der Waals surface area contributed by atoms with E-state index < -0.39 is 0 Å². The van der Waals surface area contributed by atoms with Gasteiger partial charge in [0.25, 0.3) is 0 Å². The molecule has 2 aromatic heterocycles. The van der Waals surface area contributed by atoms with Crippen LogP contribution in [0.2, 0.25) is 0 Å². The van der Waals surface area contributed by atoms with Crippen molar-refractivity contribution in [1.82, 2.24) is 20.0 Å². The molecule has 0 unspecified atom stereocenters. The molecule has 1 amide bonds. The molecule has 6 nitrogen and oxygen atoms in total. The van der Waals surface area contributed by atoms with E-state index in [2.05, 4.69) is 15.0 Å². The van der Waals surface area contributed by atoms with Crippen LogP contribution >= 0.6 is 0 Å². The van der Waals surface area contributed by atoms with E-state index in [4.69, 9.17) is 9.51 Å². The molecule has 4 heterocycles. The summed E-state index contributed by atoms with van der Waals surface area (Å²) in [5, 5.41) is 3.98. The minimum Gasteiger partial charge on any atom is -0.361 e. The molecule has 0 radical (unpaired) electrons. The average Bonchev–Trinajstić information content (AvgIpc) is 3.21. The third kappa shape index (κ3) is 2.71. The third-order valence-electron chi connectivity index (χ3n) is 6.02. The number of hydrogen-bond donors (Lipinski definition) is 0. The Morgan fingerprint density at radius 1 is 1.21 bits per heavy atom. The summed E-state index contributed by atoms with van der Waals surface area (Å²) in [6.07, 6.45) is 5.04. The predicted molar refractivity (Wildman–Crippen MR) is 103 cm³/mol. The van der Waals surface area contributed by atoms with Crippen LogP contribution in [-0.2, 0) is 17.6 Å². The Morgan fingerprint density at radius 2 is 2.04 bits per heavy atom. The first kappa shape index (κ1) is 17.1. The highest BCUT2D eigenvalue weighted by molar-refractivity contribution is 5.81. The number of benzene rings is 1. The van der Waals surface area contributed by atoms with Crippen molar-refractivity contribution in [3.8, 4) is 11.4 Å². The highest BCUT2D eigenvalue weighted by Gasteiger charge is 2.43. The lowest BCUT2D eigenvalue weighted by molar-refractivity contribution is -0.134. The fourth-order valence-corrected chi connectivity index (χ4v) is 4.58. The number of carbonyl (C=O) groups excluding carboxylic acids is 1. The van der Waals surface area contributed by atoms with Gasteiger partial charge in [0.05, 0.1) is 23.9 Å². The van der Waals surface area contributed by atoms with E-state index in [0.29, 0.717) is 6.42 Å². The monoisotopic (exact) mass is 374 g/mol. The van der Waals surface area contributed by atoms with Crippen LogP contribution in [0.25, 0.3) is 11.4 Å². The lowest BCUT2D eigenvalue weighted by atomic mass is 9.97. The van der Waals surface area contributed by atoms with Crippen molar-refractivity contribution in [2.24, 2.45) is 0 Å². The summed E-state index contributed by atoms with van der Waals surface area (Å²) < 4.78 is 5.22. The van der Waals surface area contributed by atoms with Crippen LogP contribution in [0.5, 0.6) is 0 Å². The van der Waals surface area contributed by atoms with Crippen LogP contribution < -0.4 is 0 Å². The molecule has 0 N–H and O–H groups in total. The van der Waals surface area contributed by atoms with Crippen molar-refractivity contribution in [3.05, 3.63) is 64.8 Å². The van der Waals surface area contributed by atoms with Gasteiger partial charge in [0.15, 0.2) is 5.82 Å². The minimum absolute atomic E-state index is 0.0755. The topological polar surface area (TPSA) is 72.1 Å². The van der Waals surface area contributed by atoms with Crippen molar-refractivity contribution >= 4 is 5.91 Å². The zero-order valence-corrected chi connectivity index (χ0v) is 16.1. The zero-order valence-electron chi connectivity index (χ0n) is 16.1. The molecule has 2 bridgehead atoms. The van der Waals surface area contributed by atoms with Crippen LogP contribution in [0.1, 0.15) is 47.2 Å². The predicted octanol–water partition coefficient (Wildman–Crippen LogP) is 3.58. The molecule has 2 aliphatic heterocycles. The first-order valence-electron chi connectivity index (χ1n) is 9.76. The summed E-state index contributed by atoms with van der Waals surface area (Å²) in [7, 11) is 0. The molecule has 1 fully saturated rings. The Kier molecular flexibility index (Phi) is 4.00. The minimum atomic E-state index is 0.0755. The van der Waals surface area contributed by atoms with Gasteiger partial charge < -0.3 is 9.42 Å². The van der Waals surface area contributed by atoms with Crippen molar-refractivity contribution in [1.29, 1.82) is 0 Å². The summed E-state index contributed by atoms with van der Waals surface area (Å²) in [6, 6.07) is 10.3. The van der Waals surface area contributed by atoms with E-state index >= 15 is 0 Å². The molecule has 1 saturated heterocycles. The Morgan fingerprint density at radius 3 is 2.79 bits per heavy atom. The lowest BCUT2D eigenvalue weighted by Gasteiger charge is -2.35. The molecule has 2 atom stereocenters. The maximum Gasteiger partial charge on any atom is 0.227 e. The zero-order chi connectivity index (χ0) is 19.3. The smallest absolute Gasteiger partial charge is 0.227 e. The number of aromatic nitrogens is 3. The molecule has 0 spiro atoms. The second-order valence-electron chi connectivity index (χ2n) is 7.69. The van der Waals surface area contributed by atoms with Crippen molar-refractivity contribution in [2.75, 3.05) is 0 Å². The number of carbonyl (C=O) groups is 1. The largest absolute Gasteiger partial charge is 0.361 e. The van der Waals surface area contributed by atoms with E-state index in [1.165, 1.54) is 0 Å². The van der Waals surface area contributed by atoms with Crippen LogP contribution in [-0.4, -0.2) is 32.0 Å². The molecule has 142 valence electrons. The van der Waals surface area contributed by atoms with Gasteiger partial charge in [-0.25, -0.2) is 9.97 Å². The number of aryl methyl sites for hydroxylation is 2. The molecule has 0 aliphatic carbocycles. The molecule has 1 aromatic carbocycles. The Balaban J connectivity index is 1.44. The van der Waals surface area contributed by atoms with Crippen LogP contribution in [0.15, 0.2) is 41.1 Å². The van der Waals surface area contributed by atoms with Crippen molar-refractivity contribution in [2.45, 2.75) is 51.6 Å². The highest BCUT2D eigenvalue weighted by Crippen LogP contribution is 2.43. The van der Waals surface area contributed by atoms with Gasteiger partial charge in [0.2, 0.25) is 5.91 Å². The number of rotatable bonds is 3. The first-order valence-corrected chi connectivity index (χ1v) is 9.76. The molecular weight excluding hydrogens is 352 g/mol. The van der Waals surface area contributed by atoms with Gasteiger partial charge >= 0.3 is 0 Å². The van der Waals surface area contributed by atoms with Gasteiger partial charge in [-0.05, 0) is 26.7 Å². The van der Waals surface area contributed by atoms with Gasteiger partial charge in [-0.3, -0.25) is 4.79 Å². The first-order chi connectivity index (χ1) is 13.6. The van der Waals surface area contributed by atoms with E-state index in [-0.39, 0.29) is 18.0 Å². The SMILES string of the molecule is Cc1noc(C)c1CC(=O)N1[C@H]2CC[C@@H]1c1cnc(-c3ccccc3)nc1C2. The quantitative estimate of drug-likeness (QED) is 0.701. The molecule has 6 heteroatoms. The molecule has 0 saturated carbocycles. The Labute approximate surface area is 163 Å². The number of nitrogens with zero attached hydrogens (tertiary/aromatic N) is 4. The number of amides is 1. The summed E-state index contributed by atoms with van der Waals surface area (Å²) in [6.45, 7) is 3.75. The fourth-order valence-electron chi connectivity index (χ4n) is 4.58. The number of hydrogen-bond acceptors (Lipinski definition) is 5. The van der Waals surface area contributed by atoms with Gasteiger partial charge in [0.1, 0.15) is 5.76 Å². The standard InChI is InChI=1S/C22H22N4O2/c1-13-17(14(2)28-25-13)11-21(27)26-16-8-9-20(26)18-12-23-22(24-19(18)10-16)15-6-4-3-5-7-15/h3-7,12,16,20H,8-11H2,1-2H3/t16-,20+/m0/s1. The van der Waals surface area contributed by atoms with Crippen LogP contribution in [0.4, 0.5) is 0 Å². The van der Waals surface area contributed by atoms with Crippen molar-refractivity contribution in [3.63, 3.8) is 0 Å². The second-order valence-corrected chi connectivity index (χ2v) is 7.69. The maximum absolute atomic E-state index is 13.1. The van der Waals surface area contributed by atoms with Crippen LogP contribution in [0, 0.1) is 13.8 Å². The molecule has 3 aromatic rings. The molecule has 28 heavy (non-hydrogen) atoms. The second kappa shape index (κ2) is 6.55. The summed E-state index contributed by atoms with van der Waals surface area (Å²) in [5.74, 6) is 1.63. The molecule has 2 aliphatic rings. The fraction of sp³-hybridized carbons (Fsp3) is 0.364. The summed E-state index contributed by atoms with van der Waals surface area (Å²) >= 11 is 0. The van der Waals surface area contributed by atoms with E-state index in [1.807, 2.05) is 50.4 Å². The average molecular weight is 374 g/mol. The summed E-state index contributed by atoms with van der Waals surface area (Å²) in [5.41, 5.74) is 4.91. The van der Waals surface area contributed by atoms with Gasteiger partial charge in [-0.2, -0.15) is 0 Å². The normalized spacial score (nSPS) is 20.3. The van der Waals surface area contributed by atoms with E-state index in [1.54, 1.807) is 0 Å². The molecular formula is C22H22N4O2.